The molecule has 6 rings (SSSR count). The normalized spacial score (nSPS) is 16.1. The number of nitrogens with two attached hydrogens (primary N) is 1. The van der Waals surface area contributed by atoms with Gasteiger partial charge in [0.15, 0.2) is 0 Å². The van der Waals surface area contributed by atoms with Gasteiger partial charge in [-0.3, -0.25) is 19.4 Å². The van der Waals surface area contributed by atoms with E-state index in [0.29, 0.717) is 57.9 Å². The van der Waals surface area contributed by atoms with Gasteiger partial charge in [-0.1, -0.05) is 24.3 Å². The van der Waals surface area contributed by atoms with E-state index in [1.807, 2.05) is 48.5 Å². The summed E-state index contributed by atoms with van der Waals surface area (Å²) in [6.07, 6.45) is -2.26. The van der Waals surface area contributed by atoms with Crippen LogP contribution in [-0.2, 0) is 0 Å². The van der Waals surface area contributed by atoms with Crippen LogP contribution in [0.4, 0.5) is 11.4 Å². The van der Waals surface area contributed by atoms with Crippen LogP contribution in [0.2, 0.25) is 0 Å². The Balaban J connectivity index is 0.00000600. The standard InChI is InChI=1S/C41H50N6O8.ClH/c1-43-41(53)31-21-26(35(49)24-44-12-16-46(17-13-44)32-8-4-6-10-37(32)54-2)20-29(39(31)51)27-23-34(48)30(40(42)52)22-28(27)36(50)25-45-14-18-47(19-15-45)33-9-5-7-11-38(33)55-3;/h4-11,20-23,35-36,48-51H,12-19,24-25H2,1-3H3,(H2,42,52)(H,43,53);1H. The van der Waals surface area contributed by atoms with Gasteiger partial charge in [0.2, 0.25) is 0 Å². The number of phenolic OH excluding ortho intramolecular Hbond substituents is 1. The number of para-hydroxylation sites is 4. The van der Waals surface area contributed by atoms with Crippen molar-refractivity contribution in [3.8, 4) is 34.1 Å². The molecule has 2 atom stereocenters. The third-order valence-electron chi connectivity index (χ3n) is 10.5. The largest absolute Gasteiger partial charge is 0.507 e. The maximum absolute atomic E-state index is 13.1. The number of hydrogen-bond acceptors (Lipinski definition) is 12. The fraction of sp³-hybridized carbons (Fsp3) is 0.366. The number of primary amides is 1. The monoisotopic (exact) mass is 790 g/mol. The van der Waals surface area contributed by atoms with Gasteiger partial charge >= 0.3 is 0 Å². The first-order chi connectivity index (χ1) is 26.5. The van der Waals surface area contributed by atoms with Crippen LogP contribution in [0.15, 0.2) is 72.8 Å². The van der Waals surface area contributed by atoms with E-state index in [0.717, 1.165) is 22.9 Å². The minimum Gasteiger partial charge on any atom is -0.507 e. The first-order valence-corrected chi connectivity index (χ1v) is 18.4. The minimum absolute atomic E-state index is 0. The predicted octanol–water partition coefficient (Wildman–Crippen LogP) is 3.37. The van der Waals surface area contributed by atoms with E-state index >= 15 is 0 Å². The number of nitrogens with one attached hydrogen (secondary N) is 1. The lowest BCUT2D eigenvalue weighted by Crippen LogP contribution is -2.47. The number of halogens is 1. The van der Waals surface area contributed by atoms with Gasteiger partial charge in [-0.2, -0.15) is 0 Å². The van der Waals surface area contributed by atoms with Crippen LogP contribution < -0.4 is 30.3 Å². The molecule has 0 bridgehead atoms. The molecule has 0 saturated carbocycles. The van der Waals surface area contributed by atoms with Crippen LogP contribution in [0.1, 0.15) is 44.1 Å². The average Bonchev–Trinajstić information content (AvgIpc) is 3.20. The lowest BCUT2D eigenvalue weighted by molar-refractivity contribution is 0.0956. The number of methoxy groups -OCH3 is 2. The number of hydrogen-bond donors (Lipinski definition) is 6. The molecular weight excluding hydrogens is 740 g/mol. The first kappa shape index (κ1) is 41.9. The highest BCUT2D eigenvalue weighted by Crippen LogP contribution is 2.42. The van der Waals surface area contributed by atoms with E-state index in [2.05, 4.69) is 24.9 Å². The first-order valence-electron chi connectivity index (χ1n) is 18.4. The maximum atomic E-state index is 13.1. The van der Waals surface area contributed by atoms with Gasteiger partial charge < -0.3 is 50.8 Å². The van der Waals surface area contributed by atoms with E-state index in [1.54, 1.807) is 20.3 Å². The van der Waals surface area contributed by atoms with E-state index in [4.69, 9.17) is 15.2 Å². The third-order valence-corrected chi connectivity index (χ3v) is 10.5. The summed E-state index contributed by atoms with van der Waals surface area (Å²) in [5.74, 6) is -0.784. The number of benzene rings is 4. The van der Waals surface area contributed by atoms with Crippen LogP contribution in [0, 0.1) is 0 Å². The molecule has 56 heavy (non-hydrogen) atoms. The van der Waals surface area contributed by atoms with E-state index in [9.17, 15) is 30.0 Å². The van der Waals surface area contributed by atoms with Gasteiger partial charge in [-0.15, -0.1) is 12.4 Å². The number of ether oxygens (including phenoxy) is 2. The topological polar surface area (TPSA) is 185 Å². The molecule has 300 valence electrons. The average molecular weight is 791 g/mol. The summed E-state index contributed by atoms with van der Waals surface area (Å²) in [5.41, 5.74) is 8.15. The summed E-state index contributed by atoms with van der Waals surface area (Å²) in [6, 6.07) is 21.2. The zero-order valence-corrected chi connectivity index (χ0v) is 32.7. The van der Waals surface area contributed by atoms with Crippen molar-refractivity contribution >= 4 is 35.6 Å². The molecule has 2 fully saturated rings. The predicted molar refractivity (Wildman–Crippen MR) is 218 cm³/mol. The zero-order valence-electron chi connectivity index (χ0n) is 31.9. The summed E-state index contributed by atoms with van der Waals surface area (Å²) >= 11 is 0. The summed E-state index contributed by atoms with van der Waals surface area (Å²) < 4.78 is 11.1. The maximum Gasteiger partial charge on any atom is 0.254 e. The number of nitrogens with zero attached hydrogens (tertiary/aromatic N) is 4. The number of anilines is 2. The van der Waals surface area contributed by atoms with Crippen molar-refractivity contribution in [1.29, 1.82) is 0 Å². The van der Waals surface area contributed by atoms with Gasteiger partial charge in [0, 0.05) is 78.1 Å². The Morgan fingerprint density at radius 3 is 1.70 bits per heavy atom. The SMILES string of the molecule is CNC(=O)c1cc(C(O)CN2CCN(c3ccccc3OC)CC2)cc(-c2cc(O)c(C(N)=O)cc2C(O)CN2CCN(c3ccccc3OC)CC2)c1O.Cl. The molecule has 2 heterocycles. The number of β-amino-alcohol motifs (C(OH)–C–C–N with tert-alkyl or cyclic N) is 2. The third kappa shape index (κ3) is 9.06. The zero-order chi connectivity index (χ0) is 39.2. The van der Waals surface area contributed by atoms with Crippen LogP contribution in [0.25, 0.3) is 11.1 Å². The molecule has 2 amide bonds. The molecule has 4 aromatic carbocycles. The number of rotatable bonds is 13. The highest BCUT2D eigenvalue weighted by Gasteiger charge is 2.29. The Bertz CT molecular complexity index is 2000. The molecule has 2 unspecified atom stereocenters. The van der Waals surface area contributed by atoms with Crippen LogP contribution >= 0.6 is 12.4 Å². The number of aromatic hydroxyl groups is 2. The van der Waals surface area contributed by atoms with Crippen molar-refractivity contribution < 1.29 is 39.5 Å². The number of carbonyl (C=O) groups is 2. The van der Waals surface area contributed by atoms with Crippen LogP contribution in [0.3, 0.4) is 0 Å². The van der Waals surface area contributed by atoms with Crippen molar-refractivity contribution in [1.82, 2.24) is 15.1 Å². The van der Waals surface area contributed by atoms with E-state index in [-0.39, 0.29) is 53.3 Å². The van der Waals surface area contributed by atoms with Crippen molar-refractivity contribution in [3.63, 3.8) is 0 Å². The lowest BCUT2D eigenvalue weighted by atomic mass is 9.89. The minimum atomic E-state index is -1.19. The Kier molecular flexibility index (Phi) is 13.9. The van der Waals surface area contributed by atoms with Gasteiger partial charge in [-0.25, -0.2) is 0 Å². The Labute approximate surface area is 333 Å². The van der Waals surface area contributed by atoms with Crippen molar-refractivity contribution in [2.75, 3.05) is 96.5 Å². The summed E-state index contributed by atoms with van der Waals surface area (Å²) in [4.78, 5) is 34.1. The van der Waals surface area contributed by atoms with Gasteiger partial charge in [0.05, 0.1) is 48.9 Å². The molecule has 2 aliphatic rings. The van der Waals surface area contributed by atoms with Crippen molar-refractivity contribution in [3.05, 3.63) is 95.1 Å². The fourth-order valence-electron chi connectivity index (χ4n) is 7.49. The molecule has 14 nitrogen and oxygen atoms in total. The number of phenols is 2. The molecule has 0 aromatic heterocycles. The molecule has 4 aromatic rings. The number of amides is 2. The number of aliphatic hydroxyl groups is 2. The Morgan fingerprint density at radius 1 is 0.714 bits per heavy atom. The molecule has 2 aliphatic heterocycles. The van der Waals surface area contributed by atoms with Crippen molar-refractivity contribution in [2.24, 2.45) is 5.73 Å². The number of piperazine rings is 2. The molecule has 0 aliphatic carbocycles. The Morgan fingerprint density at radius 2 is 1.21 bits per heavy atom. The highest BCUT2D eigenvalue weighted by molar-refractivity contribution is 6.01. The lowest BCUT2D eigenvalue weighted by Gasteiger charge is -2.37. The molecule has 0 radical (unpaired) electrons. The van der Waals surface area contributed by atoms with Crippen LogP contribution in [-0.4, -0.2) is 129 Å². The highest BCUT2D eigenvalue weighted by atomic mass is 35.5. The van der Waals surface area contributed by atoms with E-state index in [1.165, 1.54) is 25.2 Å². The number of carbonyl (C=O) groups excluding carboxylic acids is 2. The molecular formula is C41H51ClN6O8. The second kappa shape index (κ2) is 18.6. The second-order valence-corrected chi connectivity index (χ2v) is 13.8. The van der Waals surface area contributed by atoms with Crippen molar-refractivity contribution in [2.45, 2.75) is 12.2 Å². The fourth-order valence-corrected chi connectivity index (χ4v) is 7.49. The second-order valence-electron chi connectivity index (χ2n) is 13.8. The summed E-state index contributed by atoms with van der Waals surface area (Å²) in [6.45, 7) is 5.74. The Hall–Kier alpha value is -5.25. The molecule has 15 heteroatoms. The quantitative estimate of drug-likeness (QED) is 0.116. The van der Waals surface area contributed by atoms with Gasteiger partial charge in [-0.05, 0) is 65.2 Å². The van der Waals surface area contributed by atoms with Gasteiger partial charge in [0.25, 0.3) is 11.8 Å². The molecule has 7 N–H and O–H groups in total. The van der Waals surface area contributed by atoms with Crippen LogP contribution in [0.5, 0.6) is 23.0 Å². The smallest absolute Gasteiger partial charge is 0.254 e. The molecule has 2 saturated heterocycles. The molecule has 0 spiro atoms. The van der Waals surface area contributed by atoms with Gasteiger partial charge in [0.1, 0.15) is 23.0 Å². The van der Waals surface area contributed by atoms with E-state index < -0.39 is 35.5 Å². The number of aliphatic hydroxyl groups excluding tert-OH is 2. The summed E-state index contributed by atoms with van der Waals surface area (Å²) in [5, 5.41) is 48.5. The summed E-state index contributed by atoms with van der Waals surface area (Å²) in [7, 11) is 4.72.